The fourth-order valence-electron chi connectivity index (χ4n) is 2.66. The third-order valence-electron chi connectivity index (χ3n) is 3.94. The first kappa shape index (κ1) is 14.0. The predicted octanol–water partition coefficient (Wildman–Crippen LogP) is 5.00. The number of aliphatic imine (C=N–C) groups is 1. The van der Waals surface area contributed by atoms with Gasteiger partial charge in [-0.3, -0.25) is 4.99 Å². The Labute approximate surface area is 117 Å². The highest BCUT2D eigenvalue weighted by Gasteiger charge is 2.18. The van der Waals surface area contributed by atoms with E-state index in [0.717, 1.165) is 0 Å². The van der Waals surface area contributed by atoms with Crippen molar-refractivity contribution in [3.05, 3.63) is 46.5 Å². The minimum absolute atomic E-state index is 0.418. The topological polar surface area (TPSA) is 12.4 Å². The Kier molecular flexibility index (Phi) is 4.57. The Bertz CT molecular complexity index is 508. The van der Waals surface area contributed by atoms with Crippen molar-refractivity contribution in [1.82, 2.24) is 0 Å². The quantitative estimate of drug-likeness (QED) is 0.656. The van der Waals surface area contributed by atoms with Gasteiger partial charge in [-0.1, -0.05) is 43.9 Å². The van der Waals surface area contributed by atoms with E-state index in [4.69, 9.17) is 4.99 Å². The van der Waals surface area contributed by atoms with Gasteiger partial charge in [-0.15, -0.1) is 0 Å². The molecule has 19 heavy (non-hydrogen) atoms. The second kappa shape index (κ2) is 6.18. The van der Waals surface area contributed by atoms with Crippen LogP contribution in [0.5, 0.6) is 0 Å². The van der Waals surface area contributed by atoms with Gasteiger partial charge in [0.15, 0.2) is 0 Å². The minimum Gasteiger partial charge on any atom is -0.277 e. The molecule has 0 saturated carbocycles. The molecule has 1 aliphatic rings. The summed E-state index contributed by atoms with van der Waals surface area (Å²) in [5.41, 5.74) is 6.54. The van der Waals surface area contributed by atoms with Gasteiger partial charge in [0.2, 0.25) is 0 Å². The van der Waals surface area contributed by atoms with Gasteiger partial charge < -0.3 is 0 Å². The lowest BCUT2D eigenvalue weighted by atomic mass is 10.0. The summed E-state index contributed by atoms with van der Waals surface area (Å²) in [6.07, 6.45) is 7.36. The molecule has 1 aromatic rings. The van der Waals surface area contributed by atoms with Crippen molar-refractivity contribution in [1.29, 1.82) is 0 Å². The van der Waals surface area contributed by atoms with Gasteiger partial charge in [0, 0.05) is 5.56 Å². The summed E-state index contributed by atoms with van der Waals surface area (Å²) >= 11 is 0. The molecule has 0 radical (unpaired) electrons. The molecular formula is C18H25N. The van der Waals surface area contributed by atoms with Gasteiger partial charge in [0.25, 0.3) is 0 Å². The molecular weight excluding hydrogens is 230 g/mol. The van der Waals surface area contributed by atoms with Crippen LogP contribution in [0.2, 0.25) is 0 Å². The van der Waals surface area contributed by atoms with Crippen LogP contribution >= 0.6 is 0 Å². The summed E-state index contributed by atoms with van der Waals surface area (Å²) in [6.45, 7) is 8.79. The van der Waals surface area contributed by atoms with E-state index in [9.17, 15) is 0 Å². The second-order valence-corrected chi connectivity index (χ2v) is 5.73. The Balaban J connectivity index is 2.17. The second-order valence-electron chi connectivity index (χ2n) is 5.73. The molecule has 0 aliphatic carbocycles. The largest absolute Gasteiger partial charge is 0.277 e. The number of aryl methyl sites for hydroxylation is 2. The molecule has 1 heterocycles. The molecule has 0 N–H and O–H groups in total. The predicted molar refractivity (Wildman–Crippen MR) is 84.1 cm³/mol. The molecule has 0 aromatic heterocycles. The third kappa shape index (κ3) is 3.34. The summed E-state index contributed by atoms with van der Waals surface area (Å²) in [4.78, 5) is 4.94. The van der Waals surface area contributed by atoms with Crippen molar-refractivity contribution in [2.24, 2.45) is 4.99 Å². The molecule has 1 heteroatoms. The summed E-state index contributed by atoms with van der Waals surface area (Å²) in [5.74, 6) is 0. The molecule has 0 fully saturated rings. The molecule has 1 unspecified atom stereocenters. The maximum absolute atomic E-state index is 4.94. The zero-order valence-corrected chi connectivity index (χ0v) is 12.7. The Morgan fingerprint density at radius 1 is 1.11 bits per heavy atom. The SMILES string of the molecule is CCCCCC1N=C(c2cc(C)ccc2C)C=C1C. The van der Waals surface area contributed by atoms with E-state index < -0.39 is 0 Å². The van der Waals surface area contributed by atoms with Gasteiger partial charge >= 0.3 is 0 Å². The van der Waals surface area contributed by atoms with E-state index in [1.807, 2.05) is 0 Å². The average Bonchev–Trinajstić information content (AvgIpc) is 2.74. The fraction of sp³-hybridized carbons (Fsp3) is 0.500. The van der Waals surface area contributed by atoms with Crippen molar-refractivity contribution in [3.63, 3.8) is 0 Å². The maximum Gasteiger partial charge on any atom is 0.0717 e. The van der Waals surface area contributed by atoms with Gasteiger partial charge in [-0.25, -0.2) is 0 Å². The number of unbranched alkanes of at least 4 members (excludes halogenated alkanes) is 2. The zero-order chi connectivity index (χ0) is 13.8. The number of allylic oxidation sites excluding steroid dienone is 1. The van der Waals surface area contributed by atoms with Crippen molar-refractivity contribution < 1.29 is 0 Å². The summed E-state index contributed by atoms with van der Waals surface area (Å²) < 4.78 is 0. The molecule has 2 rings (SSSR count). The molecule has 1 aliphatic heterocycles. The van der Waals surface area contributed by atoms with Gasteiger partial charge in [0.1, 0.15) is 0 Å². The number of rotatable bonds is 5. The van der Waals surface area contributed by atoms with Crippen molar-refractivity contribution in [2.45, 2.75) is 59.4 Å². The summed E-state index contributed by atoms with van der Waals surface area (Å²) in [5, 5.41) is 0. The van der Waals surface area contributed by atoms with Crippen molar-refractivity contribution >= 4 is 5.71 Å². The number of hydrogen-bond donors (Lipinski definition) is 0. The highest BCUT2D eigenvalue weighted by atomic mass is 14.8. The lowest BCUT2D eigenvalue weighted by molar-refractivity contribution is 0.613. The molecule has 102 valence electrons. The molecule has 0 saturated heterocycles. The van der Waals surface area contributed by atoms with Crippen LogP contribution in [0.4, 0.5) is 0 Å². The highest BCUT2D eigenvalue weighted by Crippen LogP contribution is 2.24. The Hall–Kier alpha value is -1.37. The summed E-state index contributed by atoms with van der Waals surface area (Å²) in [7, 11) is 0. The maximum atomic E-state index is 4.94. The lowest BCUT2D eigenvalue weighted by Gasteiger charge is -2.08. The van der Waals surface area contributed by atoms with Crippen LogP contribution in [0.1, 0.15) is 56.2 Å². The van der Waals surface area contributed by atoms with Gasteiger partial charge in [-0.05, 0) is 50.5 Å². The van der Waals surface area contributed by atoms with Gasteiger partial charge in [0.05, 0.1) is 11.8 Å². The number of benzene rings is 1. The number of hydrogen-bond acceptors (Lipinski definition) is 1. The molecule has 1 nitrogen and oxygen atoms in total. The average molecular weight is 255 g/mol. The molecule has 1 aromatic carbocycles. The van der Waals surface area contributed by atoms with Gasteiger partial charge in [-0.2, -0.15) is 0 Å². The van der Waals surface area contributed by atoms with Crippen LogP contribution in [0.3, 0.4) is 0 Å². The normalized spacial score (nSPS) is 18.4. The molecule has 1 atom stereocenters. The van der Waals surface area contributed by atoms with E-state index in [-0.39, 0.29) is 0 Å². The van der Waals surface area contributed by atoms with E-state index in [0.29, 0.717) is 6.04 Å². The monoisotopic (exact) mass is 255 g/mol. The minimum atomic E-state index is 0.418. The molecule has 0 bridgehead atoms. The summed E-state index contributed by atoms with van der Waals surface area (Å²) in [6, 6.07) is 7.04. The van der Waals surface area contributed by atoms with Crippen molar-refractivity contribution in [2.75, 3.05) is 0 Å². The van der Waals surface area contributed by atoms with E-state index in [1.165, 1.54) is 53.7 Å². The Morgan fingerprint density at radius 2 is 1.89 bits per heavy atom. The van der Waals surface area contributed by atoms with Crippen LogP contribution < -0.4 is 0 Å². The first-order valence-corrected chi connectivity index (χ1v) is 7.45. The number of nitrogens with zero attached hydrogens (tertiary/aromatic N) is 1. The van der Waals surface area contributed by atoms with E-state index in [2.05, 4.69) is 52.0 Å². The standard InChI is InChI=1S/C18H25N/c1-5-6-7-8-17-15(4)12-18(19-17)16-11-13(2)9-10-14(16)3/h9-12,17H,5-8H2,1-4H3. The first-order valence-electron chi connectivity index (χ1n) is 7.45. The fourth-order valence-corrected chi connectivity index (χ4v) is 2.66. The molecule has 0 amide bonds. The highest BCUT2D eigenvalue weighted by molar-refractivity contribution is 6.11. The van der Waals surface area contributed by atoms with E-state index >= 15 is 0 Å². The van der Waals surface area contributed by atoms with Crippen LogP contribution in [-0.4, -0.2) is 11.8 Å². The van der Waals surface area contributed by atoms with Crippen LogP contribution in [0, 0.1) is 13.8 Å². The zero-order valence-electron chi connectivity index (χ0n) is 12.7. The smallest absolute Gasteiger partial charge is 0.0717 e. The lowest BCUT2D eigenvalue weighted by Crippen LogP contribution is -2.03. The first-order chi connectivity index (χ1) is 9.11. The third-order valence-corrected chi connectivity index (χ3v) is 3.94. The Morgan fingerprint density at radius 3 is 2.63 bits per heavy atom. The molecule has 0 spiro atoms. The van der Waals surface area contributed by atoms with E-state index in [1.54, 1.807) is 0 Å². The van der Waals surface area contributed by atoms with Crippen LogP contribution in [-0.2, 0) is 0 Å². The van der Waals surface area contributed by atoms with Crippen molar-refractivity contribution in [3.8, 4) is 0 Å². The van der Waals surface area contributed by atoms with Crippen LogP contribution in [0.15, 0.2) is 34.8 Å². The van der Waals surface area contributed by atoms with Crippen LogP contribution in [0.25, 0.3) is 0 Å².